The third-order valence-corrected chi connectivity index (χ3v) is 6.83. The summed E-state index contributed by atoms with van der Waals surface area (Å²) in [7, 11) is 2.81. The first-order valence-corrected chi connectivity index (χ1v) is 11.5. The minimum absolute atomic E-state index is 0.0315. The van der Waals surface area contributed by atoms with E-state index in [4.69, 9.17) is 9.47 Å². The Morgan fingerprint density at radius 2 is 2.06 bits per heavy atom. The highest BCUT2D eigenvalue weighted by atomic mass is 16.5. The van der Waals surface area contributed by atoms with Gasteiger partial charge >= 0.3 is 5.97 Å². The molecule has 0 aliphatic carbocycles. The van der Waals surface area contributed by atoms with Crippen LogP contribution in [0.5, 0.6) is 5.75 Å². The first-order chi connectivity index (χ1) is 16.4. The number of benzene rings is 1. The molecule has 1 aromatic carbocycles. The van der Waals surface area contributed by atoms with E-state index in [0.717, 1.165) is 10.9 Å². The van der Waals surface area contributed by atoms with Gasteiger partial charge in [-0.3, -0.25) is 14.4 Å². The van der Waals surface area contributed by atoms with Crippen molar-refractivity contribution >= 4 is 34.6 Å². The molecule has 2 aliphatic heterocycles. The summed E-state index contributed by atoms with van der Waals surface area (Å²) in [6.45, 7) is 2.94. The summed E-state index contributed by atoms with van der Waals surface area (Å²) in [6, 6.07) is 5.55. The van der Waals surface area contributed by atoms with Gasteiger partial charge in [0.25, 0.3) is 5.91 Å². The number of hydrogen-bond acceptors (Lipinski definition) is 6. The van der Waals surface area contributed by atoms with Crippen LogP contribution in [-0.4, -0.2) is 73.0 Å². The number of H-pyrrole nitrogens is 1. The van der Waals surface area contributed by atoms with Crippen LogP contribution in [0.2, 0.25) is 0 Å². The molecule has 10 nitrogen and oxygen atoms in total. The van der Waals surface area contributed by atoms with Crippen LogP contribution in [0.15, 0.2) is 24.3 Å². The van der Waals surface area contributed by atoms with Crippen molar-refractivity contribution < 1.29 is 28.7 Å². The second-order valence-corrected chi connectivity index (χ2v) is 8.77. The largest absolute Gasteiger partial charge is 0.496 e. The van der Waals surface area contributed by atoms with Crippen molar-refractivity contribution in [3.63, 3.8) is 0 Å². The molecule has 1 aromatic heterocycles. The Kier molecular flexibility index (Phi) is 6.76. The highest BCUT2D eigenvalue weighted by molar-refractivity contribution is 6.02. The van der Waals surface area contributed by atoms with E-state index in [-0.39, 0.29) is 30.1 Å². The second kappa shape index (κ2) is 9.74. The van der Waals surface area contributed by atoms with Crippen molar-refractivity contribution in [1.29, 1.82) is 0 Å². The number of nitrogens with zero attached hydrogens (tertiary/aromatic N) is 1. The Bertz CT molecular complexity index is 1110. The van der Waals surface area contributed by atoms with Gasteiger partial charge in [0, 0.05) is 35.8 Å². The van der Waals surface area contributed by atoms with Gasteiger partial charge in [0.2, 0.25) is 11.8 Å². The van der Waals surface area contributed by atoms with E-state index in [1.807, 2.05) is 25.1 Å². The van der Waals surface area contributed by atoms with Gasteiger partial charge in [-0.05, 0) is 37.5 Å². The number of amides is 3. The van der Waals surface area contributed by atoms with Crippen molar-refractivity contribution in [1.82, 2.24) is 20.5 Å². The lowest BCUT2D eigenvalue weighted by atomic mass is 9.84. The molecular formula is C24H30N4O6. The molecule has 0 saturated carbocycles. The summed E-state index contributed by atoms with van der Waals surface area (Å²) in [4.78, 5) is 55.5. The Morgan fingerprint density at radius 3 is 2.71 bits per heavy atom. The molecule has 2 fully saturated rings. The number of carbonyl (C=O) groups excluding carboxylic acids is 4. The zero-order valence-electron chi connectivity index (χ0n) is 19.6. The molecule has 1 unspecified atom stereocenters. The number of ether oxygens (including phenoxy) is 2. The highest BCUT2D eigenvalue weighted by Crippen LogP contribution is 2.32. The average molecular weight is 471 g/mol. The summed E-state index contributed by atoms with van der Waals surface area (Å²) >= 11 is 0. The van der Waals surface area contributed by atoms with E-state index in [1.54, 1.807) is 13.2 Å². The number of hydrogen-bond donors (Lipinski definition) is 3. The lowest BCUT2D eigenvalue weighted by Crippen LogP contribution is -2.65. The van der Waals surface area contributed by atoms with Gasteiger partial charge in [-0.2, -0.15) is 0 Å². The summed E-state index contributed by atoms with van der Waals surface area (Å²) in [5.41, 5.74) is 1.12. The van der Waals surface area contributed by atoms with Crippen LogP contribution in [0.4, 0.5) is 0 Å². The van der Waals surface area contributed by atoms with Gasteiger partial charge in [-0.25, -0.2) is 4.79 Å². The van der Waals surface area contributed by atoms with E-state index < -0.39 is 24.0 Å². The Hall–Kier alpha value is -3.56. The van der Waals surface area contributed by atoms with Gasteiger partial charge < -0.3 is 30.0 Å². The van der Waals surface area contributed by atoms with Crippen LogP contribution in [0.25, 0.3) is 10.9 Å². The fourth-order valence-corrected chi connectivity index (χ4v) is 4.84. The fraction of sp³-hybridized carbons (Fsp3) is 0.500. The van der Waals surface area contributed by atoms with Gasteiger partial charge in [0.05, 0.1) is 14.2 Å². The summed E-state index contributed by atoms with van der Waals surface area (Å²) in [5, 5.41) is 6.26. The molecule has 0 bridgehead atoms. The number of likely N-dealkylation sites (tertiary alicyclic amines) is 1. The van der Waals surface area contributed by atoms with E-state index in [9.17, 15) is 19.2 Å². The second-order valence-electron chi connectivity index (χ2n) is 8.77. The number of rotatable bonds is 8. The van der Waals surface area contributed by atoms with E-state index in [1.165, 1.54) is 12.0 Å². The van der Waals surface area contributed by atoms with Crippen LogP contribution in [-0.2, 0) is 19.1 Å². The molecule has 4 rings (SSSR count). The third-order valence-electron chi connectivity index (χ3n) is 6.83. The van der Waals surface area contributed by atoms with Crippen LogP contribution in [0, 0.1) is 11.8 Å². The lowest BCUT2D eigenvalue weighted by molar-refractivity contribution is -0.148. The predicted octanol–water partition coefficient (Wildman–Crippen LogP) is 1.21. The highest BCUT2D eigenvalue weighted by Gasteiger charge is 2.47. The van der Waals surface area contributed by atoms with Crippen molar-refractivity contribution in [3.05, 3.63) is 30.0 Å². The average Bonchev–Trinajstić information content (AvgIpc) is 3.43. The SMILES string of the molecule is CC[C@H]1CN(C(=O)c2cc3c(OC)cccc3[nH]2)C1C(=O)N[C@@H](C[C@@H]1CCNC1=O)C(=O)OC. The molecular weight excluding hydrogens is 440 g/mol. The fourth-order valence-electron chi connectivity index (χ4n) is 4.84. The maximum Gasteiger partial charge on any atom is 0.328 e. The minimum Gasteiger partial charge on any atom is -0.496 e. The molecule has 2 aromatic rings. The first-order valence-electron chi connectivity index (χ1n) is 11.5. The maximum absolute atomic E-state index is 13.3. The standard InChI is InChI=1S/C24H30N4O6/c1-4-13-12-28(23(31)17-11-15-16(26-17)6-5-7-19(15)33-2)20(13)22(30)27-18(24(32)34-3)10-14-8-9-25-21(14)29/h5-7,11,13-14,18,20,26H,4,8-10,12H2,1-3H3,(H,25,29)(H,27,30)/t13-,14-,18-,20?/m0/s1. The number of aromatic amines is 1. The smallest absolute Gasteiger partial charge is 0.328 e. The zero-order valence-corrected chi connectivity index (χ0v) is 19.6. The summed E-state index contributed by atoms with van der Waals surface area (Å²) < 4.78 is 10.2. The predicted molar refractivity (Wildman–Crippen MR) is 123 cm³/mol. The molecule has 2 aliphatic rings. The van der Waals surface area contributed by atoms with E-state index in [2.05, 4.69) is 15.6 Å². The Morgan fingerprint density at radius 1 is 1.26 bits per heavy atom. The van der Waals surface area contributed by atoms with Crippen molar-refractivity contribution in [2.24, 2.45) is 11.8 Å². The van der Waals surface area contributed by atoms with Gasteiger partial charge in [-0.15, -0.1) is 0 Å². The van der Waals surface area contributed by atoms with Gasteiger partial charge in [0.15, 0.2) is 0 Å². The maximum atomic E-state index is 13.3. The lowest BCUT2D eigenvalue weighted by Gasteiger charge is -2.46. The zero-order chi connectivity index (χ0) is 24.4. The van der Waals surface area contributed by atoms with E-state index >= 15 is 0 Å². The van der Waals surface area contributed by atoms with Crippen molar-refractivity contribution in [2.45, 2.75) is 38.3 Å². The molecule has 3 amide bonds. The molecule has 0 radical (unpaired) electrons. The molecule has 34 heavy (non-hydrogen) atoms. The monoisotopic (exact) mass is 470 g/mol. The number of esters is 1. The molecule has 182 valence electrons. The van der Waals surface area contributed by atoms with Crippen LogP contribution in [0.1, 0.15) is 36.7 Å². The van der Waals surface area contributed by atoms with Crippen molar-refractivity contribution in [3.8, 4) is 5.75 Å². The third kappa shape index (κ3) is 4.32. The van der Waals surface area contributed by atoms with Crippen LogP contribution >= 0.6 is 0 Å². The molecule has 3 heterocycles. The minimum atomic E-state index is -0.959. The van der Waals surface area contributed by atoms with Crippen LogP contribution in [0.3, 0.4) is 0 Å². The molecule has 2 saturated heterocycles. The normalized spacial score (nSPS) is 22.6. The Balaban J connectivity index is 1.51. The van der Waals surface area contributed by atoms with Crippen LogP contribution < -0.4 is 15.4 Å². The van der Waals surface area contributed by atoms with E-state index in [0.29, 0.717) is 37.4 Å². The number of fused-ring (bicyclic) bond motifs is 1. The molecule has 3 N–H and O–H groups in total. The number of nitrogens with one attached hydrogen (secondary N) is 3. The topological polar surface area (TPSA) is 130 Å². The van der Waals surface area contributed by atoms with Gasteiger partial charge in [-0.1, -0.05) is 13.0 Å². The van der Waals surface area contributed by atoms with Crippen molar-refractivity contribution in [2.75, 3.05) is 27.3 Å². The molecule has 4 atom stereocenters. The number of methoxy groups -OCH3 is 2. The quantitative estimate of drug-likeness (QED) is 0.498. The first kappa shape index (κ1) is 23.6. The Labute approximate surface area is 197 Å². The molecule has 10 heteroatoms. The van der Waals surface area contributed by atoms with Gasteiger partial charge in [0.1, 0.15) is 23.5 Å². The number of aromatic nitrogens is 1. The summed E-state index contributed by atoms with van der Waals surface area (Å²) in [6.07, 6.45) is 1.46. The number of carbonyl (C=O) groups is 4. The summed E-state index contributed by atoms with van der Waals surface area (Å²) in [5.74, 6) is -1.22. The molecule has 0 spiro atoms.